The van der Waals surface area contributed by atoms with Gasteiger partial charge in [0.25, 0.3) is 0 Å². The van der Waals surface area contributed by atoms with Crippen LogP contribution in [0.15, 0.2) is 24.3 Å². The maximum absolute atomic E-state index is 2.37. The molecule has 0 heteroatoms. The van der Waals surface area contributed by atoms with Crippen LogP contribution in [-0.2, 0) is 0 Å². The molecule has 0 rings (SSSR count). The Kier molecular flexibility index (Phi) is 18.0. The van der Waals surface area contributed by atoms with Crippen LogP contribution in [0.4, 0.5) is 0 Å². The maximum Gasteiger partial charge on any atom is -0.0169 e. The highest BCUT2D eigenvalue weighted by atomic mass is 14.0. The molecule has 0 saturated carbocycles. The first-order valence-corrected chi connectivity index (χ1v) is 9.21. The third-order valence-electron chi connectivity index (χ3n) is 3.80. The molecule has 0 unspecified atom stereocenters. The summed E-state index contributed by atoms with van der Waals surface area (Å²) in [5.74, 6) is 0. The van der Waals surface area contributed by atoms with Crippen molar-refractivity contribution in [1.29, 1.82) is 0 Å². The highest BCUT2D eigenvalue weighted by Gasteiger charge is 1.90. The summed E-state index contributed by atoms with van der Waals surface area (Å²) in [5.41, 5.74) is 0. The van der Waals surface area contributed by atoms with E-state index in [1.54, 1.807) is 0 Å². The highest BCUT2D eigenvalue weighted by Crippen LogP contribution is 2.10. The summed E-state index contributed by atoms with van der Waals surface area (Å²) >= 11 is 0. The van der Waals surface area contributed by atoms with Gasteiger partial charge in [0.1, 0.15) is 0 Å². The molecule has 0 aromatic carbocycles. The van der Waals surface area contributed by atoms with Crippen molar-refractivity contribution in [3.05, 3.63) is 24.3 Å². The van der Waals surface area contributed by atoms with Gasteiger partial charge in [0, 0.05) is 0 Å². The molecule has 0 heterocycles. The van der Waals surface area contributed by atoms with Gasteiger partial charge in [-0.15, -0.1) is 0 Å². The Labute approximate surface area is 128 Å². The first kappa shape index (κ1) is 19.5. The van der Waals surface area contributed by atoms with Crippen molar-refractivity contribution in [2.45, 2.75) is 104 Å². The summed E-state index contributed by atoms with van der Waals surface area (Å²) in [6, 6.07) is 0. The van der Waals surface area contributed by atoms with Gasteiger partial charge < -0.3 is 0 Å². The number of hydrogen-bond donors (Lipinski definition) is 0. The lowest BCUT2D eigenvalue weighted by Crippen LogP contribution is -1.80. The first-order valence-electron chi connectivity index (χ1n) is 9.21. The Morgan fingerprint density at radius 3 is 1.45 bits per heavy atom. The summed E-state index contributed by atoms with van der Waals surface area (Å²) in [4.78, 5) is 0. The normalized spacial score (nSPS) is 11.9. The molecule has 0 nitrogen and oxygen atoms in total. The second-order valence-corrected chi connectivity index (χ2v) is 5.94. The van der Waals surface area contributed by atoms with Crippen molar-refractivity contribution in [3.63, 3.8) is 0 Å². The summed E-state index contributed by atoms with van der Waals surface area (Å²) in [7, 11) is 0. The standard InChI is InChI=1S/C20H38/c1-3-5-7-9-11-13-15-17-19-20-18-16-14-12-10-8-6-4-2/h9,11,15,17H,3-8,10,12-14,16,18-20H2,1-2H3. The quantitative estimate of drug-likeness (QED) is 0.214. The van der Waals surface area contributed by atoms with Crippen molar-refractivity contribution in [1.82, 2.24) is 0 Å². The zero-order valence-electron chi connectivity index (χ0n) is 14.2. The molecular weight excluding hydrogens is 240 g/mol. The molecule has 0 aromatic heterocycles. The molecule has 0 spiro atoms. The van der Waals surface area contributed by atoms with Crippen LogP contribution in [-0.4, -0.2) is 0 Å². The van der Waals surface area contributed by atoms with Gasteiger partial charge in [-0.1, -0.05) is 102 Å². The molecule has 0 aliphatic rings. The minimum absolute atomic E-state index is 1.13. The molecule has 118 valence electrons. The van der Waals surface area contributed by atoms with Crippen molar-refractivity contribution >= 4 is 0 Å². The zero-order chi connectivity index (χ0) is 14.7. The Morgan fingerprint density at radius 2 is 0.900 bits per heavy atom. The van der Waals surface area contributed by atoms with E-state index >= 15 is 0 Å². The third-order valence-corrected chi connectivity index (χ3v) is 3.80. The van der Waals surface area contributed by atoms with Crippen LogP contribution in [0.1, 0.15) is 104 Å². The Balaban J connectivity index is 3.10. The number of rotatable bonds is 15. The molecule has 0 aliphatic heterocycles. The lowest BCUT2D eigenvalue weighted by atomic mass is 10.1. The van der Waals surface area contributed by atoms with Crippen molar-refractivity contribution in [2.24, 2.45) is 0 Å². The third kappa shape index (κ3) is 17.5. The predicted molar refractivity (Wildman–Crippen MR) is 94.3 cm³/mol. The molecule has 0 bridgehead atoms. The number of hydrogen-bond acceptors (Lipinski definition) is 0. The maximum atomic E-state index is 2.37. The summed E-state index contributed by atoms with van der Waals surface area (Å²) in [6.45, 7) is 4.54. The molecular formula is C20H38. The summed E-state index contributed by atoms with van der Waals surface area (Å²) in [5, 5.41) is 0. The molecule has 0 aliphatic carbocycles. The molecule has 0 fully saturated rings. The van der Waals surface area contributed by atoms with Gasteiger partial charge in [0.15, 0.2) is 0 Å². The van der Waals surface area contributed by atoms with Crippen LogP contribution in [0, 0.1) is 0 Å². The largest absolute Gasteiger partial charge is 0.0882 e. The van der Waals surface area contributed by atoms with E-state index in [-0.39, 0.29) is 0 Å². The van der Waals surface area contributed by atoms with Crippen molar-refractivity contribution in [2.75, 3.05) is 0 Å². The average Bonchev–Trinajstić information content (AvgIpc) is 2.47. The van der Waals surface area contributed by atoms with E-state index in [0.29, 0.717) is 0 Å². The monoisotopic (exact) mass is 278 g/mol. The number of allylic oxidation sites excluding steroid dienone is 4. The van der Waals surface area contributed by atoms with Gasteiger partial charge in [-0.3, -0.25) is 0 Å². The molecule has 20 heavy (non-hydrogen) atoms. The first-order chi connectivity index (χ1) is 9.91. The SMILES string of the molecule is CCCCC=CCC=CCCCCCCCCCCC. The minimum Gasteiger partial charge on any atom is -0.0882 e. The Hall–Kier alpha value is -0.520. The van der Waals surface area contributed by atoms with E-state index in [4.69, 9.17) is 0 Å². The van der Waals surface area contributed by atoms with E-state index in [9.17, 15) is 0 Å². The summed E-state index contributed by atoms with van der Waals surface area (Å²) < 4.78 is 0. The topological polar surface area (TPSA) is 0 Å². The van der Waals surface area contributed by atoms with Gasteiger partial charge in [0.2, 0.25) is 0 Å². The smallest absolute Gasteiger partial charge is 0.0169 e. The minimum atomic E-state index is 1.13. The lowest BCUT2D eigenvalue weighted by Gasteiger charge is -2.00. The molecule has 0 N–H and O–H groups in total. The fourth-order valence-corrected chi connectivity index (χ4v) is 2.40. The van der Waals surface area contributed by atoms with E-state index in [2.05, 4.69) is 38.2 Å². The van der Waals surface area contributed by atoms with Gasteiger partial charge in [-0.2, -0.15) is 0 Å². The second kappa shape index (κ2) is 18.5. The van der Waals surface area contributed by atoms with Crippen LogP contribution in [0.5, 0.6) is 0 Å². The van der Waals surface area contributed by atoms with E-state index in [0.717, 1.165) is 6.42 Å². The lowest BCUT2D eigenvalue weighted by molar-refractivity contribution is 0.566. The zero-order valence-corrected chi connectivity index (χ0v) is 14.2. The molecule has 0 atom stereocenters. The van der Waals surface area contributed by atoms with Gasteiger partial charge in [-0.05, 0) is 25.7 Å². The molecule has 0 aromatic rings. The van der Waals surface area contributed by atoms with Crippen LogP contribution in [0.25, 0.3) is 0 Å². The van der Waals surface area contributed by atoms with E-state index in [1.807, 2.05) is 0 Å². The van der Waals surface area contributed by atoms with Gasteiger partial charge in [0.05, 0.1) is 0 Å². The van der Waals surface area contributed by atoms with Crippen molar-refractivity contribution in [3.8, 4) is 0 Å². The van der Waals surface area contributed by atoms with Crippen LogP contribution in [0.3, 0.4) is 0 Å². The van der Waals surface area contributed by atoms with E-state index in [1.165, 1.54) is 83.5 Å². The Bertz CT molecular complexity index is 212. The van der Waals surface area contributed by atoms with E-state index < -0.39 is 0 Å². The van der Waals surface area contributed by atoms with Crippen LogP contribution < -0.4 is 0 Å². The molecule has 0 amide bonds. The van der Waals surface area contributed by atoms with Crippen LogP contribution >= 0.6 is 0 Å². The Morgan fingerprint density at radius 1 is 0.450 bits per heavy atom. The fraction of sp³-hybridized carbons (Fsp3) is 0.800. The number of unbranched alkanes of at least 4 members (excludes halogenated alkanes) is 11. The fourth-order valence-electron chi connectivity index (χ4n) is 2.40. The van der Waals surface area contributed by atoms with Crippen molar-refractivity contribution < 1.29 is 0 Å². The second-order valence-electron chi connectivity index (χ2n) is 5.94. The predicted octanol–water partition coefficient (Wildman–Crippen LogP) is 7.60. The average molecular weight is 279 g/mol. The molecule has 0 radical (unpaired) electrons. The summed E-state index contributed by atoms with van der Waals surface area (Å²) in [6.07, 6.45) is 28.5. The highest BCUT2D eigenvalue weighted by molar-refractivity contribution is 4.92. The van der Waals surface area contributed by atoms with Crippen LogP contribution in [0.2, 0.25) is 0 Å². The van der Waals surface area contributed by atoms with Gasteiger partial charge in [-0.25, -0.2) is 0 Å². The van der Waals surface area contributed by atoms with Gasteiger partial charge >= 0.3 is 0 Å². The molecule has 0 saturated heterocycles.